The lowest BCUT2D eigenvalue weighted by molar-refractivity contribution is 0.0525. The lowest BCUT2D eigenvalue weighted by Crippen LogP contribution is -2.34. The molecule has 0 radical (unpaired) electrons. The first-order valence-corrected chi connectivity index (χ1v) is 7.08. The summed E-state index contributed by atoms with van der Waals surface area (Å²) in [6, 6.07) is 0. The predicted octanol–water partition coefficient (Wildman–Crippen LogP) is 1.34. The number of nitrogens with one attached hydrogen (secondary N) is 1. The Balaban J connectivity index is 2.26. The molecular weight excluding hydrogens is 237 g/mol. The highest BCUT2D eigenvalue weighted by Crippen LogP contribution is 2.06. The van der Waals surface area contributed by atoms with E-state index in [1.165, 1.54) is 5.30 Å². The minimum atomic E-state index is -0.452. The highest BCUT2D eigenvalue weighted by atomic mass is 31.1. The van der Waals surface area contributed by atoms with E-state index in [1.54, 1.807) is 0 Å². The molecular formula is C11H20N3O2P. The summed E-state index contributed by atoms with van der Waals surface area (Å²) < 4.78 is 6.95. The molecule has 0 bridgehead atoms. The Morgan fingerprint density at radius 3 is 2.82 bits per heavy atom. The zero-order valence-electron chi connectivity index (χ0n) is 10.8. The smallest absolute Gasteiger partial charge is 0.407 e. The number of ether oxygens (including phenoxy) is 1. The van der Waals surface area contributed by atoms with E-state index < -0.39 is 5.60 Å². The predicted molar refractivity (Wildman–Crippen MR) is 70.3 cm³/mol. The van der Waals surface area contributed by atoms with Crippen molar-refractivity contribution in [3.63, 3.8) is 0 Å². The van der Waals surface area contributed by atoms with Gasteiger partial charge in [-0.15, -0.1) is 0 Å². The van der Waals surface area contributed by atoms with Crippen molar-refractivity contribution in [1.82, 2.24) is 15.1 Å². The van der Waals surface area contributed by atoms with Crippen molar-refractivity contribution in [2.24, 2.45) is 0 Å². The number of amides is 1. The van der Waals surface area contributed by atoms with Gasteiger partial charge in [0.1, 0.15) is 5.60 Å². The van der Waals surface area contributed by atoms with Crippen molar-refractivity contribution in [1.29, 1.82) is 0 Å². The number of rotatable bonds is 4. The van der Waals surface area contributed by atoms with Crippen molar-refractivity contribution < 1.29 is 9.53 Å². The summed E-state index contributed by atoms with van der Waals surface area (Å²) in [5.41, 5.74) is -0.452. The van der Waals surface area contributed by atoms with Crippen molar-refractivity contribution in [2.45, 2.75) is 32.9 Å². The number of carbonyl (C=O) groups is 1. The molecule has 0 aliphatic heterocycles. The number of hydrogen-bond acceptors (Lipinski definition) is 3. The molecule has 1 rings (SSSR count). The van der Waals surface area contributed by atoms with E-state index in [9.17, 15) is 4.79 Å². The van der Waals surface area contributed by atoms with Crippen LogP contribution >= 0.6 is 8.58 Å². The van der Waals surface area contributed by atoms with E-state index in [4.69, 9.17) is 4.74 Å². The van der Waals surface area contributed by atoms with Crippen molar-refractivity contribution in [2.75, 3.05) is 13.2 Å². The van der Waals surface area contributed by atoms with Crippen LogP contribution in [-0.4, -0.2) is 34.7 Å². The summed E-state index contributed by atoms with van der Waals surface area (Å²) in [6.45, 7) is 8.81. The third kappa shape index (κ3) is 5.68. The molecule has 1 amide bonds. The first-order valence-electron chi connectivity index (χ1n) is 5.58. The average molecular weight is 257 g/mol. The van der Waals surface area contributed by atoms with Gasteiger partial charge in [0.05, 0.1) is 12.7 Å². The molecule has 1 aromatic rings. The monoisotopic (exact) mass is 257 g/mol. The van der Waals surface area contributed by atoms with Crippen LogP contribution in [0.25, 0.3) is 0 Å². The zero-order valence-corrected chi connectivity index (χ0v) is 11.8. The van der Waals surface area contributed by atoms with Crippen molar-refractivity contribution in [3.05, 3.63) is 12.4 Å². The highest BCUT2D eigenvalue weighted by Gasteiger charge is 2.15. The van der Waals surface area contributed by atoms with Crippen molar-refractivity contribution >= 4 is 20.0 Å². The Bertz CT molecular complexity index is 371. The third-order valence-electron chi connectivity index (χ3n) is 1.93. The van der Waals surface area contributed by atoms with E-state index in [-0.39, 0.29) is 6.09 Å². The van der Waals surface area contributed by atoms with Crippen LogP contribution in [0.2, 0.25) is 0 Å². The number of carbonyl (C=O) groups excluding carboxylic acids is 1. The molecule has 0 saturated carbocycles. The van der Waals surface area contributed by atoms with Gasteiger partial charge in [-0.3, -0.25) is 4.68 Å². The molecule has 0 aliphatic rings. The second-order valence-electron chi connectivity index (χ2n) is 4.67. The minimum absolute atomic E-state index is 0.387. The van der Waals surface area contributed by atoms with Crippen LogP contribution < -0.4 is 10.6 Å². The average Bonchev–Trinajstić information content (AvgIpc) is 2.63. The van der Waals surface area contributed by atoms with Gasteiger partial charge in [0.25, 0.3) is 0 Å². The third-order valence-corrected chi connectivity index (χ3v) is 2.77. The quantitative estimate of drug-likeness (QED) is 0.828. The van der Waals surface area contributed by atoms with Crippen LogP contribution in [0.5, 0.6) is 0 Å². The van der Waals surface area contributed by atoms with Gasteiger partial charge in [0.2, 0.25) is 0 Å². The lowest BCUT2D eigenvalue weighted by atomic mass is 10.2. The van der Waals surface area contributed by atoms with Gasteiger partial charge in [-0.05, 0) is 27.4 Å². The summed E-state index contributed by atoms with van der Waals surface area (Å²) in [6.07, 6.45) is 3.46. The fourth-order valence-corrected chi connectivity index (χ4v) is 1.67. The maximum atomic E-state index is 11.3. The van der Waals surface area contributed by atoms with Crippen LogP contribution in [0.4, 0.5) is 4.79 Å². The fraction of sp³-hybridized carbons (Fsp3) is 0.636. The molecule has 6 heteroatoms. The molecule has 1 N–H and O–H groups in total. The number of hydrogen-bond donors (Lipinski definition) is 1. The summed E-state index contributed by atoms with van der Waals surface area (Å²) in [4.78, 5) is 11.3. The normalized spacial score (nSPS) is 12.0. The number of nitrogens with zero attached hydrogens (tertiary/aromatic N) is 2. The Kier molecular flexibility index (Phi) is 4.94. The van der Waals surface area contributed by atoms with E-state index in [0.717, 1.165) is 8.58 Å². The van der Waals surface area contributed by atoms with Gasteiger partial charge in [0.15, 0.2) is 0 Å². The molecule has 96 valence electrons. The Labute approximate surface area is 104 Å². The maximum absolute atomic E-state index is 11.3. The number of alkyl carbamates (subject to hydrolysis) is 1. The summed E-state index contributed by atoms with van der Waals surface area (Å²) >= 11 is 0. The van der Waals surface area contributed by atoms with Gasteiger partial charge >= 0.3 is 6.09 Å². The molecule has 0 spiro atoms. The van der Waals surface area contributed by atoms with Crippen molar-refractivity contribution in [3.8, 4) is 0 Å². The van der Waals surface area contributed by atoms with Crippen LogP contribution in [0.3, 0.4) is 0 Å². The van der Waals surface area contributed by atoms with E-state index in [1.807, 2.05) is 37.8 Å². The Morgan fingerprint density at radius 1 is 1.59 bits per heavy atom. The largest absolute Gasteiger partial charge is 0.444 e. The standard InChI is InChI=1S/C11H20N3O2P/c1-11(2,3)16-10(15)12-5-6-14-8-9(17-4)7-13-14/h7-8,17H,5-6H2,1-4H3,(H,12,15). The summed E-state index contributed by atoms with van der Waals surface area (Å²) in [7, 11) is 0.748. The zero-order chi connectivity index (χ0) is 12.9. The summed E-state index contributed by atoms with van der Waals surface area (Å²) in [5.74, 6) is 0. The highest BCUT2D eigenvalue weighted by molar-refractivity contribution is 7.46. The van der Waals surface area contributed by atoms with Crippen LogP contribution in [0.15, 0.2) is 12.4 Å². The molecule has 5 nitrogen and oxygen atoms in total. The van der Waals surface area contributed by atoms with Gasteiger partial charge < -0.3 is 10.1 Å². The second-order valence-corrected chi connectivity index (χ2v) is 5.75. The molecule has 0 aliphatic carbocycles. The molecule has 0 aromatic carbocycles. The summed E-state index contributed by atoms with van der Waals surface area (Å²) in [5, 5.41) is 8.11. The molecule has 1 heterocycles. The molecule has 0 fully saturated rings. The van der Waals surface area contributed by atoms with Gasteiger partial charge in [0, 0.05) is 18.0 Å². The lowest BCUT2D eigenvalue weighted by Gasteiger charge is -2.19. The SMILES string of the molecule is CPc1cnn(CCNC(=O)OC(C)(C)C)c1. The van der Waals surface area contributed by atoms with E-state index >= 15 is 0 Å². The van der Waals surface area contributed by atoms with E-state index in [2.05, 4.69) is 17.1 Å². The molecule has 17 heavy (non-hydrogen) atoms. The second kappa shape index (κ2) is 6.01. The maximum Gasteiger partial charge on any atom is 0.407 e. The van der Waals surface area contributed by atoms with Gasteiger partial charge in [-0.25, -0.2) is 4.79 Å². The topological polar surface area (TPSA) is 56.2 Å². The van der Waals surface area contributed by atoms with Gasteiger partial charge in [-0.1, -0.05) is 8.58 Å². The van der Waals surface area contributed by atoms with Gasteiger partial charge in [-0.2, -0.15) is 5.10 Å². The van der Waals surface area contributed by atoms with Crippen LogP contribution in [0.1, 0.15) is 20.8 Å². The molecule has 1 atom stereocenters. The fourth-order valence-electron chi connectivity index (χ4n) is 1.20. The Hall–Kier alpha value is -1.09. The minimum Gasteiger partial charge on any atom is -0.444 e. The van der Waals surface area contributed by atoms with Crippen LogP contribution in [-0.2, 0) is 11.3 Å². The molecule has 0 saturated heterocycles. The van der Waals surface area contributed by atoms with Crippen LogP contribution in [0, 0.1) is 0 Å². The Morgan fingerprint density at radius 2 is 2.29 bits per heavy atom. The number of aromatic nitrogens is 2. The van der Waals surface area contributed by atoms with E-state index in [0.29, 0.717) is 13.1 Å². The molecule has 1 aromatic heterocycles. The first-order chi connectivity index (χ1) is 7.90. The first kappa shape index (κ1) is 14.0. The molecule has 1 unspecified atom stereocenters.